The van der Waals surface area contributed by atoms with Gasteiger partial charge in [-0.2, -0.15) is 0 Å². The summed E-state index contributed by atoms with van der Waals surface area (Å²) in [5, 5.41) is 3.63. The lowest BCUT2D eigenvalue weighted by atomic mass is 9.86. The molecule has 2 unspecified atom stereocenters. The average molecular weight is 277 g/mol. The monoisotopic (exact) mass is 277 g/mol. The SMILES string of the molecule is COc1cccc(COCCNC2CCCCC2C)c1. The van der Waals surface area contributed by atoms with Crippen LogP contribution in [-0.2, 0) is 11.3 Å². The first kappa shape index (κ1) is 15.3. The van der Waals surface area contributed by atoms with E-state index in [0.717, 1.165) is 30.4 Å². The molecule has 1 saturated carbocycles. The Kier molecular flexibility index (Phi) is 6.34. The van der Waals surface area contributed by atoms with Crippen LogP contribution in [0.4, 0.5) is 0 Å². The third kappa shape index (κ3) is 4.80. The first-order chi connectivity index (χ1) is 9.79. The lowest BCUT2D eigenvalue weighted by Gasteiger charge is -2.29. The Morgan fingerprint density at radius 3 is 2.90 bits per heavy atom. The molecule has 1 aliphatic carbocycles. The van der Waals surface area contributed by atoms with Crippen molar-refractivity contribution in [3.05, 3.63) is 29.8 Å². The number of hydrogen-bond acceptors (Lipinski definition) is 3. The van der Waals surface area contributed by atoms with Gasteiger partial charge in [0.15, 0.2) is 0 Å². The molecule has 0 saturated heterocycles. The van der Waals surface area contributed by atoms with Crippen molar-refractivity contribution in [2.24, 2.45) is 5.92 Å². The fourth-order valence-electron chi connectivity index (χ4n) is 2.89. The summed E-state index contributed by atoms with van der Waals surface area (Å²) in [5.74, 6) is 1.70. The zero-order valence-electron chi connectivity index (χ0n) is 12.7. The molecule has 20 heavy (non-hydrogen) atoms. The van der Waals surface area contributed by atoms with Gasteiger partial charge in [-0.25, -0.2) is 0 Å². The highest BCUT2D eigenvalue weighted by atomic mass is 16.5. The van der Waals surface area contributed by atoms with Gasteiger partial charge in [0.1, 0.15) is 5.75 Å². The van der Waals surface area contributed by atoms with Crippen molar-refractivity contribution in [2.75, 3.05) is 20.3 Å². The summed E-state index contributed by atoms with van der Waals surface area (Å²) in [6, 6.07) is 8.73. The van der Waals surface area contributed by atoms with Crippen LogP contribution in [0, 0.1) is 5.92 Å². The van der Waals surface area contributed by atoms with Gasteiger partial charge in [-0.3, -0.25) is 0 Å². The molecule has 1 fully saturated rings. The number of benzene rings is 1. The molecule has 0 radical (unpaired) electrons. The molecule has 0 amide bonds. The van der Waals surface area contributed by atoms with Crippen LogP contribution in [0.5, 0.6) is 5.75 Å². The number of methoxy groups -OCH3 is 1. The van der Waals surface area contributed by atoms with Crippen molar-refractivity contribution in [2.45, 2.75) is 45.3 Å². The molecule has 1 aromatic carbocycles. The predicted octanol–water partition coefficient (Wildman–Crippen LogP) is 3.38. The number of hydrogen-bond donors (Lipinski definition) is 1. The fraction of sp³-hybridized carbons (Fsp3) is 0.647. The summed E-state index contributed by atoms with van der Waals surface area (Å²) >= 11 is 0. The standard InChI is InChI=1S/C17H27NO2/c1-14-6-3-4-9-17(14)18-10-11-20-13-15-7-5-8-16(12-15)19-2/h5,7-8,12,14,17-18H,3-4,6,9-11,13H2,1-2H3. The maximum atomic E-state index is 5.73. The third-order valence-corrected chi connectivity index (χ3v) is 4.17. The van der Waals surface area contributed by atoms with Crippen molar-refractivity contribution >= 4 is 0 Å². The van der Waals surface area contributed by atoms with Gasteiger partial charge >= 0.3 is 0 Å². The second kappa shape index (κ2) is 8.28. The van der Waals surface area contributed by atoms with Gasteiger partial charge in [0, 0.05) is 12.6 Å². The molecule has 3 nitrogen and oxygen atoms in total. The van der Waals surface area contributed by atoms with Crippen LogP contribution in [0.15, 0.2) is 24.3 Å². The largest absolute Gasteiger partial charge is 0.497 e. The van der Waals surface area contributed by atoms with Crippen molar-refractivity contribution in [1.82, 2.24) is 5.32 Å². The van der Waals surface area contributed by atoms with E-state index in [-0.39, 0.29) is 0 Å². The van der Waals surface area contributed by atoms with Crippen LogP contribution in [0.1, 0.15) is 38.2 Å². The summed E-state index contributed by atoms with van der Waals surface area (Å²) in [6.07, 6.45) is 5.44. The number of rotatable bonds is 7. The molecule has 1 aliphatic rings. The maximum absolute atomic E-state index is 5.73. The first-order valence-electron chi connectivity index (χ1n) is 7.73. The van der Waals surface area contributed by atoms with Gasteiger partial charge in [-0.1, -0.05) is 31.9 Å². The number of ether oxygens (including phenoxy) is 2. The highest BCUT2D eigenvalue weighted by Gasteiger charge is 2.19. The molecule has 0 spiro atoms. The molecule has 112 valence electrons. The number of nitrogens with one attached hydrogen (secondary N) is 1. The molecule has 2 atom stereocenters. The van der Waals surface area contributed by atoms with E-state index in [0.29, 0.717) is 12.6 Å². The predicted molar refractivity (Wildman–Crippen MR) is 82.1 cm³/mol. The molecule has 1 aromatic rings. The Balaban J connectivity index is 1.61. The van der Waals surface area contributed by atoms with Crippen molar-refractivity contribution < 1.29 is 9.47 Å². The lowest BCUT2D eigenvalue weighted by molar-refractivity contribution is 0.116. The van der Waals surface area contributed by atoms with E-state index < -0.39 is 0 Å². The second-order valence-electron chi connectivity index (χ2n) is 5.73. The Hall–Kier alpha value is -1.06. The fourth-order valence-corrected chi connectivity index (χ4v) is 2.89. The van der Waals surface area contributed by atoms with E-state index in [2.05, 4.69) is 18.3 Å². The summed E-state index contributed by atoms with van der Waals surface area (Å²) < 4.78 is 10.9. The third-order valence-electron chi connectivity index (χ3n) is 4.17. The van der Waals surface area contributed by atoms with Crippen LogP contribution in [0.25, 0.3) is 0 Å². The molecule has 0 bridgehead atoms. The zero-order valence-corrected chi connectivity index (χ0v) is 12.7. The van der Waals surface area contributed by atoms with E-state index >= 15 is 0 Å². The van der Waals surface area contributed by atoms with Crippen LogP contribution in [0.2, 0.25) is 0 Å². The summed E-state index contributed by atoms with van der Waals surface area (Å²) in [5.41, 5.74) is 1.16. The van der Waals surface area contributed by atoms with Crippen molar-refractivity contribution in [3.63, 3.8) is 0 Å². The minimum atomic E-state index is 0.652. The smallest absolute Gasteiger partial charge is 0.119 e. The van der Waals surface area contributed by atoms with E-state index in [1.54, 1.807) is 7.11 Å². The van der Waals surface area contributed by atoms with Gasteiger partial charge in [0.2, 0.25) is 0 Å². The summed E-state index contributed by atoms with van der Waals surface area (Å²) in [4.78, 5) is 0. The van der Waals surface area contributed by atoms with Crippen LogP contribution in [0.3, 0.4) is 0 Å². The molecule has 0 aliphatic heterocycles. The topological polar surface area (TPSA) is 30.5 Å². The first-order valence-corrected chi connectivity index (χ1v) is 7.73. The maximum Gasteiger partial charge on any atom is 0.119 e. The second-order valence-corrected chi connectivity index (χ2v) is 5.73. The highest BCUT2D eigenvalue weighted by Crippen LogP contribution is 2.23. The van der Waals surface area contributed by atoms with Gasteiger partial charge < -0.3 is 14.8 Å². The van der Waals surface area contributed by atoms with E-state index in [9.17, 15) is 0 Å². The van der Waals surface area contributed by atoms with E-state index in [4.69, 9.17) is 9.47 Å². The molecular formula is C17H27NO2. The highest BCUT2D eigenvalue weighted by molar-refractivity contribution is 5.27. The van der Waals surface area contributed by atoms with E-state index in [1.807, 2.05) is 18.2 Å². The molecule has 0 heterocycles. The Labute approximate surface area is 122 Å². The van der Waals surface area contributed by atoms with Gasteiger partial charge in [-0.05, 0) is 36.5 Å². The van der Waals surface area contributed by atoms with Gasteiger partial charge in [-0.15, -0.1) is 0 Å². The Bertz CT molecular complexity index is 394. The van der Waals surface area contributed by atoms with Crippen LogP contribution >= 0.6 is 0 Å². The lowest BCUT2D eigenvalue weighted by Crippen LogP contribution is -2.38. The normalized spacial score (nSPS) is 22.7. The summed E-state index contributed by atoms with van der Waals surface area (Å²) in [7, 11) is 1.69. The van der Waals surface area contributed by atoms with Crippen LogP contribution < -0.4 is 10.1 Å². The molecule has 3 heteroatoms. The van der Waals surface area contributed by atoms with Gasteiger partial charge in [0.25, 0.3) is 0 Å². The van der Waals surface area contributed by atoms with Crippen molar-refractivity contribution in [1.29, 1.82) is 0 Å². The van der Waals surface area contributed by atoms with Gasteiger partial charge in [0.05, 0.1) is 20.3 Å². The Morgan fingerprint density at radius 1 is 1.25 bits per heavy atom. The minimum Gasteiger partial charge on any atom is -0.497 e. The molecule has 0 aromatic heterocycles. The average Bonchev–Trinajstić information content (AvgIpc) is 2.49. The molecule has 1 N–H and O–H groups in total. The van der Waals surface area contributed by atoms with E-state index in [1.165, 1.54) is 25.7 Å². The quantitative estimate of drug-likeness (QED) is 0.775. The Morgan fingerprint density at radius 2 is 2.10 bits per heavy atom. The molecular weight excluding hydrogens is 250 g/mol. The van der Waals surface area contributed by atoms with Crippen molar-refractivity contribution in [3.8, 4) is 5.75 Å². The zero-order chi connectivity index (χ0) is 14.2. The summed E-state index contributed by atoms with van der Waals surface area (Å²) in [6.45, 7) is 4.71. The minimum absolute atomic E-state index is 0.652. The molecule has 2 rings (SSSR count). The van der Waals surface area contributed by atoms with Crippen LogP contribution in [-0.4, -0.2) is 26.3 Å².